The first-order valence-corrected chi connectivity index (χ1v) is 14.5. The molecule has 3 saturated heterocycles. The van der Waals surface area contributed by atoms with Crippen molar-refractivity contribution < 1.29 is 29.0 Å². The lowest BCUT2D eigenvalue weighted by atomic mass is 9.73. The highest BCUT2D eigenvalue weighted by molar-refractivity contribution is 6.00. The molecular formula is C29H44N4O6. The van der Waals surface area contributed by atoms with Gasteiger partial charge in [-0.1, -0.05) is 45.1 Å². The molecule has 0 saturated carbocycles. The Bertz CT molecular complexity index is 1030. The van der Waals surface area contributed by atoms with Gasteiger partial charge in [0.15, 0.2) is 0 Å². The van der Waals surface area contributed by atoms with E-state index in [4.69, 9.17) is 9.47 Å². The molecule has 39 heavy (non-hydrogen) atoms. The van der Waals surface area contributed by atoms with Crippen molar-refractivity contribution in [2.45, 2.75) is 56.9 Å². The fraction of sp³-hybridized carbons (Fsp3) is 0.759. The highest BCUT2D eigenvalue weighted by Gasteiger charge is 2.75. The number of carbonyl (C=O) groups is 3. The van der Waals surface area contributed by atoms with E-state index in [9.17, 15) is 19.5 Å². The van der Waals surface area contributed by atoms with Crippen LogP contribution in [-0.4, -0.2) is 132 Å². The minimum Gasteiger partial charge on any atom is -0.394 e. The zero-order chi connectivity index (χ0) is 27.9. The average Bonchev–Trinajstić information content (AvgIpc) is 3.23. The van der Waals surface area contributed by atoms with E-state index in [0.717, 1.165) is 13.1 Å². The molecule has 0 aromatic rings. The Balaban J connectivity index is 1.57. The molecule has 5 aliphatic rings. The molecule has 5 rings (SSSR count). The number of rotatable bonds is 8. The third-order valence-corrected chi connectivity index (χ3v) is 9.30. The summed E-state index contributed by atoms with van der Waals surface area (Å²) >= 11 is 0. The van der Waals surface area contributed by atoms with Crippen LogP contribution in [0.15, 0.2) is 24.3 Å². The molecule has 0 bridgehead atoms. The van der Waals surface area contributed by atoms with Crippen LogP contribution < -0.4 is 0 Å². The number of aliphatic hydroxyl groups excluding tert-OH is 1. The van der Waals surface area contributed by atoms with Crippen LogP contribution in [0.3, 0.4) is 0 Å². The van der Waals surface area contributed by atoms with Gasteiger partial charge in [-0.25, -0.2) is 0 Å². The summed E-state index contributed by atoms with van der Waals surface area (Å²) in [4.78, 5) is 50.1. The number of hydrogen-bond acceptors (Lipinski definition) is 7. The average molecular weight is 545 g/mol. The van der Waals surface area contributed by atoms with Gasteiger partial charge in [-0.05, 0) is 18.8 Å². The Morgan fingerprint density at radius 3 is 2.38 bits per heavy atom. The third-order valence-electron chi connectivity index (χ3n) is 9.30. The Kier molecular flexibility index (Phi) is 7.94. The van der Waals surface area contributed by atoms with Crippen LogP contribution in [0.4, 0.5) is 0 Å². The molecule has 10 nitrogen and oxygen atoms in total. The van der Waals surface area contributed by atoms with Gasteiger partial charge in [0, 0.05) is 46.3 Å². The molecule has 5 heterocycles. The molecule has 1 spiro atoms. The fourth-order valence-corrected chi connectivity index (χ4v) is 7.37. The SMILES string of the molecule is CC[C@]12C=CCN(C)C(=O)[C@H]1[C@H]1C(=O)N([C@@H](CO)CC(C)C)C3C(=O)N(CCN4CCOCC4)CC=C[C@@]31O2. The lowest BCUT2D eigenvalue weighted by Gasteiger charge is -2.41. The maximum Gasteiger partial charge on any atom is 0.249 e. The van der Waals surface area contributed by atoms with Gasteiger partial charge >= 0.3 is 0 Å². The monoisotopic (exact) mass is 544 g/mol. The quantitative estimate of drug-likeness (QED) is 0.445. The minimum atomic E-state index is -1.29. The van der Waals surface area contributed by atoms with Gasteiger partial charge in [-0.15, -0.1) is 0 Å². The normalized spacial score (nSPS) is 35.8. The highest BCUT2D eigenvalue weighted by Crippen LogP contribution is 2.59. The summed E-state index contributed by atoms with van der Waals surface area (Å²) in [5.41, 5.74) is -2.27. The molecule has 6 atom stereocenters. The van der Waals surface area contributed by atoms with E-state index >= 15 is 0 Å². The first-order chi connectivity index (χ1) is 18.7. The Hall–Kier alpha value is -2.27. The van der Waals surface area contributed by atoms with E-state index in [0.29, 0.717) is 52.2 Å². The summed E-state index contributed by atoms with van der Waals surface area (Å²) in [5, 5.41) is 10.5. The largest absolute Gasteiger partial charge is 0.394 e. The Labute approximate surface area is 231 Å². The van der Waals surface area contributed by atoms with Gasteiger partial charge in [0.25, 0.3) is 0 Å². The van der Waals surface area contributed by atoms with Crippen LogP contribution in [0.25, 0.3) is 0 Å². The van der Waals surface area contributed by atoms with Gasteiger partial charge < -0.3 is 29.3 Å². The van der Waals surface area contributed by atoms with Crippen molar-refractivity contribution >= 4 is 17.7 Å². The molecule has 216 valence electrons. The van der Waals surface area contributed by atoms with Crippen LogP contribution in [0.1, 0.15) is 33.6 Å². The van der Waals surface area contributed by atoms with Crippen molar-refractivity contribution in [3.63, 3.8) is 0 Å². The maximum atomic E-state index is 14.5. The lowest BCUT2D eigenvalue weighted by Crippen LogP contribution is -2.59. The van der Waals surface area contributed by atoms with Crippen LogP contribution in [0.2, 0.25) is 0 Å². The van der Waals surface area contributed by atoms with Crippen LogP contribution in [-0.2, 0) is 23.9 Å². The number of carbonyl (C=O) groups excluding carboxylic acids is 3. The highest BCUT2D eigenvalue weighted by atomic mass is 16.5. The number of likely N-dealkylation sites (N-methyl/N-ethyl adjacent to an activating group) is 1. The van der Waals surface area contributed by atoms with Gasteiger partial charge in [-0.3, -0.25) is 19.3 Å². The molecule has 3 amide bonds. The molecule has 3 fully saturated rings. The first kappa shape index (κ1) is 28.3. The second-order valence-electron chi connectivity index (χ2n) is 12.1. The van der Waals surface area contributed by atoms with Gasteiger partial charge in [0.1, 0.15) is 11.6 Å². The number of aliphatic hydroxyl groups is 1. The van der Waals surface area contributed by atoms with Crippen molar-refractivity contribution in [3.8, 4) is 0 Å². The molecule has 1 N–H and O–H groups in total. The third kappa shape index (κ3) is 4.63. The topological polar surface area (TPSA) is 103 Å². The predicted molar refractivity (Wildman–Crippen MR) is 145 cm³/mol. The second-order valence-corrected chi connectivity index (χ2v) is 12.1. The Morgan fingerprint density at radius 2 is 1.72 bits per heavy atom. The molecule has 5 aliphatic heterocycles. The smallest absolute Gasteiger partial charge is 0.249 e. The van der Waals surface area contributed by atoms with E-state index in [1.165, 1.54) is 0 Å². The van der Waals surface area contributed by atoms with Crippen molar-refractivity contribution in [1.82, 2.24) is 19.6 Å². The number of fused-ring (bicyclic) bond motifs is 2. The molecule has 10 heteroatoms. The summed E-state index contributed by atoms with van der Waals surface area (Å²) in [6.07, 6.45) is 8.75. The van der Waals surface area contributed by atoms with Crippen molar-refractivity contribution in [3.05, 3.63) is 24.3 Å². The first-order valence-electron chi connectivity index (χ1n) is 14.5. The summed E-state index contributed by atoms with van der Waals surface area (Å²) in [5.74, 6) is -1.99. The molecule has 0 aromatic heterocycles. The molecule has 0 radical (unpaired) electrons. The lowest BCUT2D eigenvalue weighted by molar-refractivity contribution is -0.157. The second kappa shape index (κ2) is 11.0. The number of ether oxygens (including phenoxy) is 2. The van der Waals surface area contributed by atoms with Gasteiger partial charge in [0.05, 0.1) is 43.3 Å². The van der Waals surface area contributed by atoms with Crippen LogP contribution in [0, 0.1) is 17.8 Å². The fourth-order valence-electron chi connectivity index (χ4n) is 7.37. The number of amides is 3. The number of morpholine rings is 1. The van der Waals surface area contributed by atoms with Crippen LogP contribution in [0.5, 0.6) is 0 Å². The molecular weight excluding hydrogens is 500 g/mol. The molecule has 0 aliphatic carbocycles. The standard InChI is InChI=1S/C29H44N4O6/c1-5-28-8-6-10-30(4)25(35)22(28)23-26(36)33(21(19-34)18-20(2)3)24-27(37)32(11-7-9-29(23,24)39-28)13-12-31-14-16-38-17-15-31/h6-9,20-24,34H,5,10-19H2,1-4H3/t21-,22-,23+,24?,28+,29+/m1/s1. The zero-order valence-electron chi connectivity index (χ0n) is 23.8. The van der Waals surface area contributed by atoms with Crippen molar-refractivity contribution in [1.29, 1.82) is 0 Å². The van der Waals surface area contributed by atoms with Crippen LogP contribution >= 0.6 is 0 Å². The van der Waals surface area contributed by atoms with E-state index in [2.05, 4.69) is 4.90 Å². The van der Waals surface area contributed by atoms with E-state index in [1.807, 2.05) is 45.1 Å². The summed E-state index contributed by atoms with van der Waals surface area (Å²) in [6.45, 7) is 10.9. The predicted octanol–water partition coefficient (Wildman–Crippen LogP) is 0.513. The van der Waals surface area contributed by atoms with Gasteiger partial charge in [0.2, 0.25) is 17.7 Å². The van der Waals surface area contributed by atoms with E-state index < -0.39 is 35.1 Å². The summed E-state index contributed by atoms with van der Waals surface area (Å²) in [7, 11) is 1.74. The zero-order valence-corrected chi connectivity index (χ0v) is 23.8. The number of nitrogens with zero attached hydrogens (tertiary/aromatic N) is 4. The van der Waals surface area contributed by atoms with Crippen molar-refractivity contribution in [2.24, 2.45) is 17.8 Å². The maximum absolute atomic E-state index is 14.5. The number of likely N-dealkylation sites (tertiary alicyclic amines) is 1. The summed E-state index contributed by atoms with van der Waals surface area (Å²) in [6, 6.07) is -1.49. The molecule has 0 aromatic carbocycles. The molecule has 1 unspecified atom stereocenters. The summed E-state index contributed by atoms with van der Waals surface area (Å²) < 4.78 is 12.4. The van der Waals surface area contributed by atoms with E-state index in [-0.39, 0.29) is 30.2 Å². The van der Waals surface area contributed by atoms with E-state index in [1.54, 1.807) is 21.7 Å². The Morgan fingerprint density at radius 1 is 1.00 bits per heavy atom. The van der Waals surface area contributed by atoms with Crippen molar-refractivity contribution in [2.75, 3.05) is 66.1 Å². The minimum absolute atomic E-state index is 0.142. The van der Waals surface area contributed by atoms with Gasteiger partial charge in [-0.2, -0.15) is 0 Å². The number of hydrogen-bond donors (Lipinski definition) is 1.